The monoisotopic (exact) mass is 219 g/mol. The van der Waals surface area contributed by atoms with Crippen molar-refractivity contribution in [1.29, 1.82) is 0 Å². The normalized spacial score (nSPS) is 11.6. The molecule has 0 aliphatic carbocycles. The largest absolute Gasteiger partial charge is 0.273 e. The Bertz CT molecular complexity index is 371. The van der Waals surface area contributed by atoms with Crippen LogP contribution in [0.5, 0.6) is 0 Å². The molecular weight excluding hydrogens is 202 g/mol. The molecule has 1 rings (SSSR count). The molecule has 0 aliphatic heterocycles. The number of nitrogens with one attached hydrogen (secondary N) is 1. The van der Waals surface area contributed by atoms with E-state index in [9.17, 15) is 4.79 Å². The number of carbonyl (C=O) groups excluding carboxylic acids is 1. The standard InChI is InChI=1S/C12H17N3O/c1-9(2)7-12(16)15-14-10(3)11-5-4-6-13-8-11/h4-6,8-9H,7H2,1-3H3,(H,15,16)/b14-10+. The molecule has 0 fully saturated rings. The van der Waals surface area contributed by atoms with Crippen LogP contribution < -0.4 is 5.43 Å². The fraction of sp³-hybridized carbons (Fsp3) is 0.417. The van der Waals surface area contributed by atoms with Gasteiger partial charge in [0.05, 0.1) is 5.71 Å². The van der Waals surface area contributed by atoms with E-state index in [1.807, 2.05) is 32.9 Å². The summed E-state index contributed by atoms with van der Waals surface area (Å²) in [5.74, 6) is 0.284. The maximum atomic E-state index is 11.4. The Kier molecular flexibility index (Phi) is 4.64. The summed E-state index contributed by atoms with van der Waals surface area (Å²) in [5.41, 5.74) is 4.20. The van der Waals surface area contributed by atoms with E-state index < -0.39 is 0 Å². The van der Waals surface area contributed by atoms with Gasteiger partial charge in [0.25, 0.3) is 0 Å². The van der Waals surface area contributed by atoms with Crippen LogP contribution in [0.15, 0.2) is 29.6 Å². The molecule has 0 saturated heterocycles. The summed E-state index contributed by atoms with van der Waals surface area (Å²) in [5, 5.41) is 4.02. The zero-order chi connectivity index (χ0) is 12.0. The summed E-state index contributed by atoms with van der Waals surface area (Å²) >= 11 is 0. The fourth-order valence-corrected chi connectivity index (χ4v) is 1.20. The van der Waals surface area contributed by atoms with Crippen molar-refractivity contribution in [2.45, 2.75) is 27.2 Å². The highest BCUT2D eigenvalue weighted by atomic mass is 16.2. The fourth-order valence-electron chi connectivity index (χ4n) is 1.20. The lowest BCUT2D eigenvalue weighted by Crippen LogP contribution is -2.20. The van der Waals surface area contributed by atoms with Gasteiger partial charge in [-0.15, -0.1) is 0 Å². The topological polar surface area (TPSA) is 54.4 Å². The van der Waals surface area contributed by atoms with Crippen LogP contribution in [0.3, 0.4) is 0 Å². The van der Waals surface area contributed by atoms with Crippen LogP contribution >= 0.6 is 0 Å². The number of carbonyl (C=O) groups is 1. The molecule has 1 aromatic rings. The van der Waals surface area contributed by atoms with Crippen molar-refractivity contribution in [1.82, 2.24) is 10.4 Å². The minimum Gasteiger partial charge on any atom is -0.273 e. The van der Waals surface area contributed by atoms with Crippen LogP contribution in [0, 0.1) is 5.92 Å². The highest BCUT2D eigenvalue weighted by molar-refractivity contribution is 5.98. The quantitative estimate of drug-likeness (QED) is 0.621. The Hall–Kier alpha value is -1.71. The van der Waals surface area contributed by atoms with Gasteiger partial charge in [0.2, 0.25) is 5.91 Å². The number of rotatable bonds is 4. The van der Waals surface area contributed by atoms with Crippen LogP contribution in [0.4, 0.5) is 0 Å². The summed E-state index contributed by atoms with van der Waals surface area (Å²) in [6.07, 6.45) is 3.91. The predicted octanol–water partition coefficient (Wildman–Crippen LogP) is 1.97. The summed E-state index contributed by atoms with van der Waals surface area (Å²) in [4.78, 5) is 15.3. The number of aromatic nitrogens is 1. The number of pyridine rings is 1. The Balaban J connectivity index is 2.55. The molecule has 1 N–H and O–H groups in total. The Morgan fingerprint density at radius 1 is 1.56 bits per heavy atom. The van der Waals surface area contributed by atoms with Crippen LogP contribution in [0.25, 0.3) is 0 Å². The van der Waals surface area contributed by atoms with E-state index in [2.05, 4.69) is 15.5 Å². The third-order valence-electron chi connectivity index (χ3n) is 2.02. The number of hydrogen-bond acceptors (Lipinski definition) is 3. The maximum Gasteiger partial charge on any atom is 0.240 e. The second kappa shape index (κ2) is 6.00. The predicted molar refractivity (Wildman–Crippen MR) is 64.0 cm³/mol. The average molecular weight is 219 g/mol. The zero-order valence-electron chi connectivity index (χ0n) is 9.90. The Morgan fingerprint density at radius 3 is 2.88 bits per heavy atom. The molecule has 0 spiro atoms. The van der Waals surface area contributed by atoms with Crippen molar-refractivity contribution in [3.8, 4) is 0 Å². The van der Waals surface area contributed by atoms with Gasteiger partial charge in [0.15, 0.2) is 0 Å². The highest BCUT2D eigenvalue weighted by Gasteiger charge is 2.03. The third kappa shape index (κ3) is 4.21. The summed E-state index contributed by atoms with van der Waals surface area (Å²) < 4.78 is 0. The van der Waals surface area contributed by atoms with Crippen LogP contribution in [-0.2, 0) is 4.79 Å². The van der Waals surface area contributed by atoms with Crippen LogP contribution in [0.2, 0.25) is 0 Å². The van der Waals surface area contributed by atoms with Gasteiger partial charge in [-0.3, -0.25) is 9.78 Å². The van der Waals surface area contributed by atoms with Crippen LogP contribution in [0.1, 0.15) is 32.8 Å². The second-order valence-corrected chi connectivity index (χ2v) is 4.07. The molecule has 4 nitrogen and oxygen atoms in total. The van der Waals surface area contributed by atoms with E-state index in [0.717, 1.165) is 11.3 Å². The SMILES string of the molecule is C/C(=N\NC(=O)CC(C)C)c1cccnc1. The second-order valence-electron chi connectivity index (χ2n) is 4.07. The molecule has 0 atom stereocenters. The van der Waals surface area contributed by atoms with E-state index in [4.69, 9.17) is 0 Å². The van der Waals surface area contributed by atoms with Gasteiger partial charge >= 0.3 is 0 Å². The molecule has 4 heteroatoms. The van der Waals surface area contributed by atoms with E-state index in [-0.39, 0.29) is 5.91 Å². The van der Waals surface area contributed by atoms with E-state index in [1.165, 1.54) is 0 Å². The van der Waals surface area contributed by atoms with E-state index in [0.29, 0.717) is 12.3 Å². The van der Waals surface area contributed by atoms with Crippen molar-refractivity contribution in [2.24, 2.45) is 11.0 Å². The van der Waals surface area contributed by atoms with Gasteiger partial charge in [-0.25, -0.2) is 5.43 Å². The van der Waals surface area contributed by atoms with Gasteiger partial charge in [0, 0.05) is 24.4 Å². The first-order chi connectivity index (χ1) is 7.59. The van der Waals surface area contributed by atoms with Crippen molar-refractivity contribution in [2.75, 3.05) is 0 Å². The molecule has 0 aromatic carbocycles. The third-order valence-corrected chi connectivity index (χ3v) is 2.02. The molecule has 0 saturated carbocycles. The first-order valence-electron chi connectivity index (χ1n) is 5.33. The number of nitrogens with zero attached hydrogens (tertiary/aromatic N) is 2. The molecule has 0 radical (unpaired) electrons. The average Bonchev–Trinajstić information content (AvgIpc) is 2.26. The molecule has 16 heavy (non-hydrogen) atoms. The van der Waals surface area contributed by atoms with Gasteiger partial charge < -0.3 is 0 Å². The lowest BCUT2D eigenvalue weighted by Gasteiger charge is -2.04. The van der Waals surface area contributed by atoms with E-state index in [1.54, 1.807) is 12.4 Å². The van der Waals surface area contributed by atoms with E-state index >= 15 is 0 Å². The van der Waals surface area contributed by atoms with Crippen molar-refractivity contribution in [3.05, 3.63) is 30.1 Å². The highest BCUT2D eigenvalue weighted by Crippen LogP contribution is 2.00. The Morgan fingerprint density at radius 2 is 2.31 bits per heavy atom. The number of hydrazone groups is 1. The maximum absolute atomic E-state index is 11.4. The molecular formula is C12H17N3O. The first kappa shape index (κ1) is 12.4. The lowest BCUT2D eigenvalue weighted by atomic mass is 10.1. The summed E-state index contributed by atoms with van der Waals surface area (Å²) in [6.45, 7) is 5.83. The first-order valence-corrected chi connectivity index (χ1v) is 5.33. The van der Waals surface area contributed by atoms with Crippen molar-refractivity contribution in [3.63, 3.8) is 0 Å². The molecule has 0 aliphatic rings. The zero-order valence-corrected chi connectivity index (χ0v) is 9.90. The molecule has 0 unspecified atom stereocenters. The molecule has 1 aromatic heterocycles. The molecule has 0 bridgehead atoms. The molecule has 1 heterocycles. The van der Waals surface area contributed by atoms with Crippen molar-refractivity contribution < 1.29 is 4.79 Å². The molecule has 1 amide bonds. The number of hydrogen-bond donors (Lipinski definition) is 1. The van der Waals surface area contributed by atoms with Gasteiger partial charge in [-0.1, -0.05) is 19.9 Å². The summed E-state index contributed by atoms with van der Waals surface area (Å²) in [7, 11) is 0. The smallest absolute Gasteiger partial charge is 0.240 e. The van der Waals surface area contributed by atoms with Crippen LogP contribution in [-0.4, -0.2) is 16.6 Å². The van der Waals surface area contributed by atoms with Crippen molar-refractivity contribution >= 4 is 11.6 Å². The van der Waals surface area contributed by atoms with Gasteiger partial charge in [0.1, 0.15) is 0 Å². The Labute approximate surface area is 95.8 Å². The minimum atomic E-state index is -0.0572. The van der Waals surface area contributed by atoms with Gasteiger partial charge in [-0.05, 0) is 18.9 Å². The minimum absolute atomic E-state index is 0.0572. The summed E-state index contributed by atoms with van der Waals surface area (Å²) in [6, 6.07) is 3.74. The lowest BCUT2D eigenvalue weighted by molar-refractivity contribution is -0.121. The molecule has 86 valence electrons. The van der Waals surface area contributed by atoms with Gasteiger partial charge in [-0.2, -0.15) is 5.10 Å². The number of amides is 1.